The van der Waals surface area contributed by atoms with Gasteiger partial charge in [0, 0.05) is 105 Å². The summed E-state index contributed by atoms with van der Waals surface area (Å²) in [5.74, 6) is -14.7. The summed E-state index contributed by atoms with van der Waals surface area (Å²) in [6.45, 7) is 0. The number of carbonyl (C=O) groups excluding carboxylic acids is 7. The third kappa shape index (κ3) is 27.8. The lowest BCUT2D eigenvalue weighted by molar-refractivity contribution is 0.102. The monoisotopic (exact) mass is 3580 g/mol. The second kappa shape index (κ2) is 53.1. The number of carbonyl (C=O) groups is 7. The largest absolute Gasteiger partial charge is 0.507 e. The summed E-state index contributed by atoms with van der Waals surface area (Å²) in [5.41, 5.74) is 1.27. The van der Waals surface area contributed by atoms with Crippen LogP contribution in [0.25, 0.3) is 0 Å². The van der Waals surface area contributed by atoms with Gasteiger partial charge in [0.25, 0.3) is 0 Å². The minimum absolute atomic E-state index is 0.00411. The Labute approximate surface area is 1040 Å². The predicted octanol–water partition coefficient (Wildman–Crippen LogP) is 30.8. The first kappa shape index (κ1) is 127. The summed E-state index contributed by atoms with van der Waals surface area (Å²) in [6.07, 6.45) is 0. The van der Waals surface area contributed by atoms with Gasteiger partial charge in [0.15, 0.2) is 190 Å². The van der Waals surface area contributed by atoms with Crippen LogP contribution in [0.4, 0.5) is 0 Å². The second-order valence-electron chi connectivity index (χ2n) is 28.5. The number of phenolic OH excluding ortho intramolecular Hbond substituents is 27. The highest BCUT2D eigenvalue weighted by Crippen LogP contribution is 2.56. The van der Waals surface area contributed by atoms with Crippen LogP contribution < -0.4 is 0 Å². The summed E-state index contributed by atoms with van der Waals surface area (Å²) in [4.78, 5) is 88.0. The molecule has 27 N–H and O–H groups in total. The average Bonchev–Trinajstić information content (AvgIpc) is 0.756. The van der Waals surface area contributed by atoms with Crippen molar-refractivity contribution in [1.29, 1.82) is 0 Å². The molecule has 0 spiro atoms. The first-order chi connectivity index (χ1) is 69.1. The second-order valence-corrected chi connectivity index (χ2v) is 47.8. The normalized spacial score (nSPS) is 10.7. The van der Waals surface area contributed by atoms with E-state index in [1.165, 1.54) is 78.9 Å². The van der Waals surface area contributed by atoms with Crippen molar-refractivity contribution in [3.8, 4) is 155 Å². The van der Waals surface area contributed by atoms with E-state index in [1.807, 2.05) is 0 Å². The molecule has 0 bridgehead atoms. The molecule has 34 nitrogen and oxygen atoms in total. The van der Waals surface area contributed by atoms with Crippen molar-refractivity contribution < 1.29 is 171 Å². The topological polar surface area (TPSA) is 666 Å². The number of phenols is 27. The molecule has 58 heteroatoms. The van der Waals surface area contributed by atoms with Crippen LogP contribution in [0.3, 0.4) is 0 Å². The molecular formula is C91H46Br24O34. The molecule has 782 valence electrons. The number of hydrogen-bond acceptors (Lipinski definition) is 34. The molecule has 0 atom stereocenters. The van der Waals surface area contributed by atoms with Crippen LogP contribution in [0.5, 0.6) is 155 Å². The third-order valence-electron chi connectivity index (χ3n) is 19.3. The zero-order chi connectivity index (χ0) is 113. The number of aromatic hydroxyl groups is 27. The molecule has 14 rings (SSSR count). The zero-order valence-corrected chi connectivity index (χ0v) is 109. The van der Waals surface area contributed by atoms with Crippen molar-refractivity contribution in [3.05, 3.63) is 300 Å². The van der Waals surface area contributed by atoms with Crippen LogP contribution in [0, 0.1) is 0 Å². The minimum atomic E-state index is -0.612. The minimum Gasteiger partial charge on any atom is -0.507 e. The molecule has 0 saturated heterocycles. The molecule has 0 aliphatic rings. The molecule has 14 aromatic carbocycles. The lowest BCUT2D eigenvalue weighted by Crippen LogP contribution is -2.07. The highest BCUT2D eigenvalue weighted by Gasteiger charge is 2.35. The molecule has 149 heavy (non-hydrogen) atoms. The maximum absolute atomic E-state index is 13.0. The van der Waals surface area contributed by atoms with Crippen molar-refractivity contribution >= 4 is 423 Å². The van der Waals surface area contributed by atoms with Gasteiger partial charge in [0.05, 0.1) is 80.4 Å². The average molecular weight is 3600 g/mol. The highest BCUT2D eigenvalue weighted by molar-refractivity contribution is 9.16. The standard InChI is InChI=1S/C13H4Br6O5.C13H5Br5O5.3C13H7Br3O5.C13H8Br2O5.C13H8Br2O4/c14-3-1(5(16)10(21)12(23)7(3)18)9(20)2-4(15)8(19)13(24)11(22)6(2)17;14-5-2(1-3(19)11(21)8(5)17)10(20)4-6(15)9(18)13(23)12(22)7(4)16;14-6-3-8(18)7(17)1-4(6)12(20)5-2-9(19)13(21)11(16)10(5)15;14-5-2-8(18)7(17)1-4(5)12(20)10-6(15)3-9(19)13(21)11(10)16;14-8-5(3-7(18)13(21)10(8)16)11(19)4-1-2-6(17)12(20)9(4)15;14-7-4-10(18)9(17)3-6(7)12(19)5-1-2-8(16)13(20)11(5)15;14-11-7(2-4-9(17)12(11)15)13(19)6-1-3-8(16)10(18)5-6/h21-24H;1,19,21-23H;2*1-3,17-19,21H;1-3,17-18,20-21H;1-4,16-18,20H;1-5,16-18H. The van der Waals surface area contributed by atoms with Crippen LogP contribution in [-0.4, -0.2) is 178 Å². The van der Waals surface area contributed by atoms with Crippen LogP contribution in [0.15, 0.2) is 223 Å². The summed E-state index contributed by atoms with van der Waals surface area (Å²) < 4.78 is 3.83. The van der Waals surface area contributed by atoms with E-state index in [0.29, 0.717) is 14.5 Å². The van der Waals surface area contributed by atoms with E-state index in [0.717, 1.165) is 36.4 Å². The van der Waals surface area contributed by atoms with Crippen LogP contribution in [0.2, 0.25) is 0 Å². The van der Waals surface area contributed by atoms with Crippen molar-refractivity contribution in [2.24, 2.45) is 0 Å². The van der Waals surface area contributed by atoms with E-state index < -0.39 is 144 Å². The van der Waals surface area contributed by atoms with E-state index in [2.05, 4.69) is 382 Å². The maximum Gasteiger partial charge on any atom is 0.197 e. The Morgan fingerprint density at radius 3 is 0.671 bits per heavy atom. The van der Waals surface area contributed by atoms with Gasteiger partial charge < -0.3 is 138 Å². The zero-order valence-electron chi connectivity index (χ0n) is 71.0. The van der Waals surface area contributed by atoms with Crippen molar-refractivity contribution in [2.45, 2.75) is 0 Å². The van der Waals surface area contributed by atoms with Crippen LogP contribution >= 0.6 is 382 Å². The van der Waals surface area contributed by atoms with Gasteiger partial charge >= 0.3 is 0 Å². The quantitative estimate of drug-likeness (QED) is 0.0273. The predicted molar refractivity (Wildman–Crippen MR) is 624 cm³/mol. The van der Waals surface area contributed by atoms with Gasteiger partial charge in [-0.2, -0.15) is 0 Å². The molecule has 0 fully saturated rings. The Hall–Kier alpha value is -7.11. The summed E-state index contributed by atoms with van der Waals surface area (Å²) in [5, 5.41) is 259. The van der Waals surface area contributed by atoms with Crippen molar-refractivity contribution in [1.82, 2.24) is 0 Å². The van der Waals surface area contributed by atoms with Crippen molar-refractivity contribution in [3.63, 3.8) is 0 Å². The van der Waals surface area contributed by atoms with E-state index in [9.17, 15) is 171 Å². The molecule has 0 aliphatic carbocycles. The summed E-state index contributed by atoms with van der Waals surface area (Å²) in [7, 11) is 0. The number of halogens is 24. The van der Waals surface area contributed by atoms with E-state index in [1.54, 1.807) is 0 Å². The SMILES string of the molecule is O=C(c1c(Br)c(O)c(O)c(Br)c1Br)c1c(Br)c(O)c(O)c(Br)c1Br.O=C(c1cc(O)c(O)c(Br)c1Br)c1c(Br)c(O)c(O)c(Br)c1Br.O=C(c1cc(O)c(O)cc1Br)c1c(Br)cc(O)c(O)c1Br.O=C(c1cc(O)c(O)cc1Br)c1cc(O)c(O)c(Br)c1Br.O=C(c1cc(O)c(O)cc1Br)c1ccc(O)c(O)c1Br.O=C(c1ccc(O)c(O)c1)c1ccc(O)c(Br)c1Br.O=C(c1ccc(O)c(O)c1Br)c1cc(O)c(O)c(Br)c1Br. The fourth-order valence-electron chi connectivity index (χ4n) is 11.6. The van der Waals surface area contributed by atoms with Crippen LogP contribution in [0.1, 0.15) is 111 Å². The maximum atomic E-state index is 13.0. The van der Waals surface area contributed by atoms with Gasteiger partial charge in [0.2, 0.25) is 0 Å². The lowest BCUT2D eigenvalue weighted by atomic mass is 10.0. The van der Waals surface area contributed by atoms with Crippen LogP contribution in [-0.2, 0) is 0 Å². The molecule has 0 aromatic heterocycles. The lowest BCUT2D eigenvalue weighted by Gasteiger charge is -2.16. The molecule has 0 aliphatic heterocycles. The molecule has 0 saturated carbocycles. The van der Waals surface area contributed by atoms with E-state index in [-0.39, 0.29) is 223 Å². The number of ketones is 7. The smallest absolute Gasteiger partial charge is 0.197 e. The van der Waals surface area contributed by atoms with E-state index >= 15 is 0 Å². The first-order valence-electron chi connectivity index (χ1n) is 38.0. The Bertz CT molecular complexity index is 7730. The Balaban J connectivity index is 0.000000212. The number of rotatable bonds is 14. The Morgan fingerprint density at radius 2 is 0.336 bits per heavy atom. The van der Waals surface area contributed by atoms with Gasteiger partial charge in [-0.1, -0.05) is 0 Å². The van der Waals surface area contributed by atoms with Gasteiger partial charge in [-0.15, -0.1) is 0 Å². The number of benzene rings is 14. The van der Waals surface area contributed by atoms with Gasteiger partial charge in [0.1, 0.15) is 5.75 Å². The molecule has 0 radical (unpaired) electrons. The summed E-state index contributed by atoms with van der Waals surface area (Å²) in [6, 6.07) is 23.1. The molecular weight excluding hydrogens is 3550 g/mol. The first-order valence-corrected chi connectivity index (χ1v) is 57.0. The fourth-order valence-corrected chi connectivity index (χ4v) is 24.5. The fraction of sp³-hybridized carbons (Fsp3) is 0. The highest BCUT2D eigenvalue weighted by atomic mass is 79.9. The molecule has 0 amide bonds. The van der Waals surface area contributed by atoms with E-state index in [4.69, 9.17) is 0 Å². The third-order valence-corrected chi connectivity index (χ3v) is 41.4. The van der Waals surface area contributed by atoms with Gasteiger partial charge in [-0.05, 0) is 498 Å². The molecule has 0 unspecified atom stereocenters. The number of hydrogen-bond donors (Lipinski definition) is 27. The summed E-state index contributed by atoms with van der Waals surface area (Å²) >= 11 is 74.7. The van der Waals surface area contributed by atoms with Crippen molar-refractivity contribution in [2.75, 3.05) is 0 Å². The Kier molecular flexibility index (Phi) is 45.3. The van der Waals surface area contributed by atoms with Gasteiger partial charge in [-0.25, -0.2) is 0 Å². The molecule has 0 heterocycles. The van der Waals surface area contributed by atoms with Gasteiger partial charge in [-0.3, -0.25) is 33.6 Å². The Morgan fingerprint density at radius 1 is 0.128 bits per heavy atom. The molecule has 14 aromatic rings.